The lowest BCUT2D eigenvalue weighted by Crippen LogP contribution is -2.33. The molecule has 0 atom stereocenters. The van der Waals surface area contributed by atoms with Gasteiger partial charge in [0.1, 0.15) is 0 Å². The zero-order valence-corrected chi connectivity index (χ0v) is 13.7. The van der Waals surface area contributed by atoms with Gasteiger partial charge in [-0.3, -0.25) is 4.99 Å². The fourth-order valence-corrected chi connectivity index (χ4v) is 2.06. The lowest BCUT2D eigenvalue weighted by molar-refractivity contribution is 0.311. The zero-order chi connectivity index (χ0) is 16.5. The van der Waals surface area contributed by atoms with Crippen LogP contribution in [-0.2, 0) is 6.54 Å². The minimum Gasteiger partial charge on any atom is -0.493 e. The number of nitrogens with zero attached hydrogens (tertiary/aromatic N) is 3. The van der Waals surface area contributed by atoms with Gasteiger partial charge in [0.2, 0.25) is 0 Å². The summed E-state index contributed by atoms with van der Waals surface area (Å²) in [5.74, 6) is 2.10. The van der Waals surface area contributed by atoms with Crippen LogP contribution in [-0.4, -0.2) is 42.8 Å². The second-order valence-corrected chi connectivity index (χ2v) is 4.72. The lowest BCUT2D eigenvalue weighted by Gasteiger charge is -2.14. The molecule has 2 aromatic rings. The minimum absolute atomic E-state index is 0.598. The summed E-state index contributed by atoms with van der Waals surface area (Å²) in [7, 11) is 3.36. The van der Waals surface area contributed by atoms with E-state index in [2.05, 4.69) is 20.6 Å². The topological polar surface area (TPSA) is 72.7 Å². The summed E-state index contributed by atoms with van der Waals surface area (Å²) in [6, 6.07) is 5.69. The Morgan fingerprint density at radius 2 is 2.22 bits per heavy atom. The maximum Gasteiger partial charge on any atom is 0.195 e. The Balaban J connectivity index is 1.93. The predicted molar refractivity (Wildman–Crippen MR) is 91.4 cm³/mol. The highest BCUT2D eigenvalue weighted by Gasteiger charge is 2.06. The Bertz CT molecular complexity index is 625. The van der Waals surface area contributed by atoms with Crippen LogP contribution in [0.5, 0.6) is 11.5 Å². The monoisotopic (exact) mass is 317 g/mol. The van der Waals surface area contributed by atoms with E-state index in [9.17, 15) is 0 Å². The number of guanidine groups is 1. The first-order valence-corrected chi connectivity index (χ1v) is 7.51. The standard InChI is InChI=1S/C16H23N5O2/c1-4-23-14-6-5-13(11-15(14)22-3)20-16(17-2)19-8-10-21-9-7-18-12-21/h5-7,9,11-12H,4,8,10H2,1-3H3,(H2,17,19,20). The van der Waals surface area contributed by atoms with Crippen LogP contribution in [0, 0.1) is 0 Å². The average molecular weight is 317 g/mol. The second-order valence-electron chi connectivity index (χ2n) is 4.72. The van der Waals surface area contributed by atoms with Gasteiger partial charge in [0, 0.05) is 44.3 Å². The molecule has 7 heteroatoms. The Kier molecular flexibility index (Phi) is 6.28. The Labute approximate surface area is 136 Å². The van der Waals surface area contributed by atoms with Gasteiger partial charge in [-0.2, -0.15) is 0 Å². The normalized spacial score (nSPS) is 11.2. The van der Waals surface area contributed by atoms with Gasteiger partial charge in [0.05, 0.1) is 20.0 Å². The molecule has 0 spiro atoms. The van der Waals surface area contributed by atoms with Gasteiger partial charge in [-0.1, -0.05) is 0 Å². The summed E-state index contributed by atoms with van der Waals surface area (Å²) in [5.41, 5.74) is 0.876. The molecular formula is C16H23N5O2. The first kappa shape index (κ1) is 16.7. The molecular weight excluding hydrogens is 294 g/mol. The SMILES string of the molecule is CCOc1ccc(NC(=NC)NCCn2ccnc2)cc1OC. The minimum atomic E-state index is 0.598. The highest BCUT2D eigenvalue weighted by molar-refractivity contribution is 5.93. The molecule has 0 amide bonds. The first-order valence-electron chi connectivity index (χ1n) is 7.51. The Hall–Kier alpha value is -2.70. The van der Waals surface area contributed by atoms with Crippen molar-refractivity contribution in [2.75, 3.05) is 32.6 Å². The zero-order valence-electron chi connectivity index (χ0n) is 13.7. The number of rotatable bonds is 7. The fourth-order valence-electron chi connectivity index (χ4n) is 2.06. The molecule has 0 aliphatic rings. The van der Waals surface area contributed by atoms with Crippen LogP contribution in [0.3, 0.4) is 0 Å². The van der Waals surface area contributed by atoms with E-state index >= 15 is 0 Å². The van der Waals surface area contributed by atoms with Crippen molar-refractivity contribution in [3.63, 3.8) is 0 Å². The van der Waals surface area contributed by atoms with Gasteiger partial charge < -0.3 is 24.7 Å². The summed E-state index contributed by atoms with van der Waals surface area (Å²) in [5, 5.41) is 6.48. The molecule has 2 rings (SSSR count). The summed E-state index contributed by atoms with van der Waals surface area (Å²) >= 11 is 0. The van der Waals surface area contributed by atoms with E-state index in [4.69, 9.17) is 9.47 Å². The number of methoxy groups -OCH3 is 1. The van der Waals surface area contributed by atoms with E-state index in [1.165, 1.54) is 0 Å². The first-order chi connectivity index (χ1) is 11.3. The third-order valence-corrected chi connectivity index (χ3v) is 3.17. The Morgan fingerprint density at radius 3 is 2.87 bits per heavy atom. The van der Waals surface area contributed by atoms with Crippen molar-refractivity contribution in [3.8, 4) is 11.5 Å². The number of hydrogen-bond acceptors (Lipinski definition) is 4. The number of hydrogen-bond donors (Lipinski definition) is 2. The van der Waals surface area contributed by atoms with Crippen molar-refractivity contribution in [1.29, 1.82) is 0 Å². The number of imidazole rings is 1. The fraction of sp³-hybridized carbons (Fsp3) is 0.375. The van der Waals surface area contributed by atoms with Crippen LogP contribution in [0.15, 0.2) is 41.9 Å². The van der Waals surface area contributed by atoms with E-state index in [1.807, 2.05) is 35.9 Å². The summed E-state index contributed by atoms with van der Waals surface area (Å²) in [6.45, 7) is 4.09. The highest BCUT2D eigenvalue weighted by atomic mass is 16.5. The lowest BCUT2D eigenvalue weighted by atomic mass is 10.2. The van der Waals surface area contributed by atoms with Gasteiger partial charge in [0.15, 0.2) is 17.5 Å². The average Bonchev–Trinajstić information content (AvgIpc) is 3.08. The quantitative estimate of drug-likeness (QED) is 0.603. The third kappa shape index (κ3) is 4.91. The molecule has 0 unspecified atom stereocenters. The van der Waals surface area contributed by atoms with Crippen LogP contribution in [0.4, 0.5) is 5.69 Å². The highest BCUT2D eigenvalue weighted by Crippen LogP contribution is 2.30. The maximum absolute atomic E-state index is 5.51. The summed E-state index contributed by atoms with van der Waals surface area (Å²) in [6.07, 6.45) is 5.48. The maximum atomic E-state index is 5.51. The summed E-state index contributed by atoms with van der Waals surface area (Å²) in [4.78, 5) is 8.23. The number of anilines is 1. The van der Waals surface area contributed by atoms with E-state index < -0.39 is 0 Å². The molecule has 2 N–H and O–H groups in total. The molecule has 0 bridgehead atoms. The second kappa shape index (κ2) is 8.67. The van der Waals surface area contributed by atoms with Crippen LogP contribution >= 0.6 is 0 Å². The number of aromatic nitrogens is 2. The van der Waals surface area contributed by atoms with Crippen molar-refractivity contribution in [3.05, 3.63) is 36.9 Å². The third-order valence-electron chi connectivity index (χ3n) is 3.17. The molecule has 1 aromatic carbocycles. The number of aliphatic imine (C=N–C) groups is 1. The molecule has 0 aliphatic heterocycles. The molecule has 1 aromatic heterocycles. The van der Waals surface area contributed by atoms with E-state index in [-0.39, 0.29) is 0 Å². The number of ether oxygens (including phenoxy) is 2. The van der Waals surface area contributed by atoms with Crippen LogP contribution in [0.2, 0.25) is 0 Å². The molecule has 0 saturated carbocycles. The van der Waals surface area contributed by atoms with E-state index in [0.717, 1.165) is 24.5 Å². The van der Waals surface area contributed by atoms with Gasteiger partial charge in [-0.15, -0.1) is 0 Å². The van der Waals surface area contributed by atoms with Crippen molar-refractivity contribution in [1.82, 2.24) is 14.9 Å². The number of benzene rings is 1. The summed E-state index contributed by atoms with van der Waals surface area (Å²) < 4.78 is 12.9. The molecule has 23 heavy (non-hydrogen) atoms. The Morgan fingerprint density at radius 1 is 1.35 bits per heavy atom. The van der Waals surface area contributed by atoms with Gasteiger partial charge in [0.25, 0.3) is 0 Å². The van der Waals surface area contributed by atoms with Crippen molar-refractivity contribution >= 4 is 11.6 Å². The largest absolute Gasteiger partial charge is 0.493 e. The van der Waals surface area contributed by atoms with Gasteiger partial charge >= 0.3 is 0 Å². The molecule has 7 nitrogen and oxygen atoms in total. The molecule has 124 valence electrons. The molecule has 1 heterocycles. The van der Waals surface area contributed by atoms with Crippen molar-refractivity contribution < 1.29 is 9.47 Å². The van der Waals surface area contributed by atoms with Gasteiger partial charge in [-0.05, 0) is 19.1 Å². The van der Waals surface area contributed by atoms with Crippen LogP contribution in [0.25, 0.3) is 0 Å². The predicted octanol–water partition coefficient (Wildman–Crippen LogP) is 1.98. The van der Waals surface area contributed by atoms with Gasteiger partial charge in [-0.25, -0.2) is 4.98 Å². The molecule has 0 saturated heterocycles. The van der Waals surface area contributed by atoms with Crippen molar-refractivity contribution in [2.24, 2.45) is 4.99 Å². The van der Waals surface area contributed by atoms with Crippen molar-refractivity contribution in [2.45, 2.75) is 13.5 Å². The molecule has 0 aliphatic carbocycles. The van der Waals surface area contributed by atoms with Crippen LogP contribution < -0.4 is 20.1 Å². The van der Waals surface area contributed by atoms with E-state index in [0.29, 0.717) is 18.3 Å². The molecule has 0 fully saturated rings. The molecule has 0 radical (unpaired) electrons. The number of nitrogens with one attached hydrogen (secondary N) is 2. The van der Waals surface area contributed by atoms with E-state index in [1.54, 1.807) is 26.7 Å². The van der Waals surface area contributed by atoms with Crippen LogP contribution in [0.1, 0.15) is 6.92 Å². The smallest absolute Gasteiger partial charge is 0.195 e.